The Labute approximate surface area is 109 Å². The van der Waals surface area contributed by atoms with E-state index in [1.807, 2.05) is 11.8 Å². The van der Waals surface area contributed by atoms with Crippen LogP contribution in [-0.4, -0.2) is 23.0 Å². The smallest absolute Gasteiger partial charge is 0.0741 e. The van der Waals surface area contributed by atoms with Crippen molar-refractivity contribution >= 4 is 11.8 Å². The second-order valence-electron chi connectivity index (χ2n) is 4.92. The van der Waals surface area contributed by atoms with Gasteiger partial charge in [-0.15, -0.1) is 11.8 Å². The summed E-state index contributed by atoms with van der Waals surface area (Å²) in [6.07, 6.45) is 1.75. The minimum absolute atomic E-state index is 0.334. The molecular formula is C14H23NOS. The highest BCUT2D eigenvalue weighted by atomic mass is 32.2. The minimum atomic E-state index is -0.706. The fraction of sp³-hybridized carbons (Fsp3) is 0.571. The highest BCUT2D eigenvalue weighted by Gasteiger charge is 2.16. The van der Waals surface area contributed by atoms with E-state index in [-0.39, 0.29) is 0 Å². The maximum Gasteiger partial charge on any atom is 0.0741 e. The first-order valence-electron chi connectivity index (χ1n) is 6.07. The number of aliphatic hydroxyl groups is 1. The van der Waals surface area contributed by atoms with Crippen LogP contribution < -0.4 is 5.73 Å². The van der Waals surface area contributed by atoms with Gasteiger partial charge in [-0.1, -0.05) is 17.7 Å². The van der Waals surface area contributed by atoms with Gasteiger partial charge in [0.25, 0.3) is 0 Å². The van der Waals surface area contributed by atoms with Crippen LogP contribution in [0, 0.1) is 13.8 Å². The number of thioether (sulfide) groups is 1. The van der Waals surface area contributed by atoms with Gasteiger partial charge in [0.2, 0.25) is 0 Å². The molecule has 1 unspecified atom stereocenters. The Kier molecular flexibility index (Phi) is 5.50. The molecule has 1 rings (SSSR count). The molecule has 17 heavy (non-hydrogen) atoms. The lowest BCUT2D eigenvalue weighted by atomic mass is 10.0. The molecule has 0 fully saturated rings. The summed E-state index contributed by atoms with van der Waals surface area (Å²) in [7, 11) is 0. The van der Waals surface area contributed by atoms with E-state index in [0.717, 1.165) is 18.6 Å². The minimum Gasteiger partial charge on any atom is -0.389 e. The summed E-state index contributed by atoms with van der Waals surface area (Å²) in [4.78, 5) is 1.34. The van der Waals surface area contributed by atoms with Crippen LogP contribution in [0.15, 0.2) is 23.1 Å². The van der Waals surface area contributed by atoms with Crippen LogP contribution in [0.4, 0.5) is 0 Å². The molecule has 0 saturated heterocycles. The van der Waals surface area contributed by atoms with E-state index in [1.165, 1.54) is 16.0 Å². The first-order valence-corrected chi connectivity index (χ1v) is 7.06. The number of rotatable bonds is 6. The third-order valence-corrected chi connectivity index (χ3v) is 4.14. The number of hydrogen-bond donors (Lipinski definition) is 2. The summed E-state index contributed by atoms with van der Waals surface area (Å²) in [6.45, 7) is 6.39. The Balaban J connectivity index is 2.38. The van der Waals surface area contributed by atoms with Crippen LogP contribution in [0.5, 0.6) is 0 Å². The fourth-order valence-electron chi connectivity index (χ4n) is 1.60. The van der Waals surface area contributed by atoms with Crippen LogP contribution in [0.25, 0.3) is 0 Å². The first kappa shape index (κ1) is 14.6. The van der Waals surface area contributed by atoms with E-state index < -0.39 is 5.60 Å². The second kappa shape index (κ2) is 6.43. The summed E-state index contributed by atoms with van der Waals surface area (Å²) in [6, 6.07) is 6.52. The van der Waals surface area contributed by atoms with Crippen molar-refractivity contribution in [2.45, 2.75) is 44.1 Å². The number of benzene rings is 1. The van der Waals surface area contributed by atoms with E-state index in [1.54, 1.807) is 6.92 Å². The van der Waals surface area contributed by atoms with Crippen molar-refractivity contribution in [2.75, 3.05) is 12.3 Å². The fourth-order valence-corrected chi connectivity index (χ4v) is 2.67. The second-order valence-corrected chi connectivity index (χ2v) is 6.06. The number of hydrogen-bond acceptors (Lipinski definition) is 3. The van der Waals surface area contributed by atoms with E-state index >= 15 is 0 Å². The molecule has 3 heteroatoms. The predicted octanol–water partition coefficient (Wildman–Crippen LogP) is 2.89. The molecule has 0 bridgehead atoms. The first-order chi connectivity index (χ1) is 7.94. The van der Waals surface area contributed by atoms with Crippen LogP contribution in [-0.2, 0) is 0 Å². The Morgan fingerprint density at radius 1 is 1.35 bits per heavy atom. The van der Waals surface area contributed by atoms with Crippen molar-refractivity contribution in [3.63, 3.8) is 0 Å². The zero-order valence-corrected chi connectivity index (χ0v) is 11.8. The highest BCUT2D eigenvalue weighted by Crippen LogP contribution is 2.25. The molecule has 2 nitrogen and oxygen atoms in total. The topological polar surface area (TPSA) is 46.2 Å². The quantitative estimate of drug-likeness (QED) is 0.605. The van der Waals surface area contributed by atoms with Gasteiger partial charge in [0.05, 0.1) is 5.60 Å². The van der Waals surface area contributed by atoms with Gasteiger partial charge in [-0.25, -0.2) is 0 Å². The average molecular weight is 253 g/mol. The SMILES string of the molecule is Cc1ccc(C)c(SCCCC(C)(O)CN)c1. The van der Waals surface area contributed by atoms with Gasteiger partial charge in [0.15, 0.2) is 0 Å². The Morgan fingerprint density at radius 3 is 2.71 bits per heavy atom. The molecule has 0 heterocycles. The van der Waals surface area contributed by atoms with Gasteiger partial charge in [-0.05, 0) is 51.0 Å². The predicted molar refractivity (Wildman–Crippen MR) is 75.6 cm³/mol. The summed E-state index contributed by atoms with van der Waals surface area (Å²) >= 11 is 1.86. The molecule has 0 aliphatic rings. The molecule has 0 aliphatic carbocycles. The molecule has 1 atom stereocenters. The largest absolute Gasteiger partial charge is 0.389 e. The third-order valence-electron chi connectivity index (χ3n) is 2.90. The number of nitrogens with two attached hydrogens (primary N) is 1. The maximum atomic E-state index is 9.78. The molecule has 0 aliphatic heterocycles. The lowest BCUT2D eigenvalue weighted by Crippen LogP contribution is -2.34. The van der Waals surface area contributed by atoms with Gasteiger partial charge >= 0.3 is 0 Å². The van der Waals surface area contributed by atoms with E-state index in [2.05, 4.69) is 32.0 Å². The summed E-state index contributed by atoms with van der Waals surface area (Å²) in [5, 5.41) is 9.78. The van der Waals surface area contributed by atoms with E-state index in [4.69, 9.17) is 5.73 Å². The molecule has 1 aromatic rings. The lowest BCUT2D eigenvalue weighted by molar-refractivity contribution is 0.0596. The Morgan fingerprint density at radius 2 is 2.06 bits per heavy atom. The van der Waals surface area contributed by atoms with Crippen molar-refractivity contribution < 1.29 is 5.11 Å². The summed E-state index contributed by atoms with van der Waals surface area (Å²) < 4.78 is 0. The zero-order chi connectivity index (χ0) is 12.9. The standard InChI is InChI=1S/C14H23NOS/c1-11-5-6-12(2)13(9-11)17-8-4-7-14(3,16)10-15/h5-6,9,16H,4,7-8,10,15H2,1-3H3. The summed E-state index contributed by atoms with van der Waals surface area (Å²) in [5.74, 6) is 1.03. The monoisotopic (exact) mass is 253 g/mol. The molecule has 96 valence electrons. The van der Waals surface area contributed by atoms with Crippen molar-refractivity contribution in [3.8, 4) is 0 Å². The van der Waals surface area contributed by atoms with Crippen LogP contribution in [0.2, 0.25) is 0 Å². The van der Waals surface area contributed by atoms with Crippen molar-refractivity contribution in [2.24, 2.45) is 5.73 Å². The lowest BCUT2D eigenvalue weighted by Gasteiger charge is -2.20. The van der Waals surface area contributed by atoms with Gasteiger partial charge < -0.3 is 10.8 Å². The van der Waals surface area contributed by atoms with Crippen molar-refractivity contribution in [1.29, 1.82) is 0 Å². The molecule has 0 aromatic heterocycles. The zero-order valence-electron chi connectivity index (χ0n) is 11.0. The Bertz CT molecular complexity index is 363. The number of aryl methyl sites for hydroxylation is 2. The molecule has 0 amide bonds. The van der Waals surface area contributed by atoms with Crippen LogP contribution >= 0.6 is 11.8 Å². The van der Waals surface area contributed by atoms with Gasteiger partial charge in [0.1, 0.15) is 0 Å². The highest BCUT2D eigenvalue weighted by molar-refractivity contribution is 7.99. The van der Waals surface area contributed by atoms with Gasteiger partial charge in [0, 0.05) is 11.4 Å². The van der Waals surface area contributed by atoms with Crippen molar-refractivity contribution in [1.82, 2.24) is 0 Å². The Hall–Kier alpha value is -0.510. The normalized spacial score (nSPS) is 14.6. The third kappa shape index (κ3) is 5.11. The van der Waals surface area contributed by atoms with Crippen LogP contribution in [0.1, 0.15) is 30.9 Å². The molecule has 1 aromatic carbocycles. The average Bonchev–Trinajstić information content (AvgIpc) is 2.29. The van der Waals surface area contributed by atoms with E-state index in [0.29, 0.717) is 6.54 Å². The maximum absolute atomic E-state index is 9.78. The van der Waals surface area contributed by atoms with Gasteiger partial charge in [-0.3, -0.25) is 0 Å². The summed E-state index contributed by atoms with van der Waals surface area (Å²) in [5.41, 5.74) is 7.40. The molecular weight excluding hydrogens is 230 g/mol. The van der Waals surface area contributed by atoms with Crippen LogP contribution in [0.3, 0.4) is 0 Å². The molecule has 0 spiro atoms. The van der Waals surface area contributed by atoms with Gasteiger partial charge in [-0.2, -0.15) is 0 Å². The molecule has 0 radical (unpaired) electrons. The molecule has 3 N–H and O–H groups in total. The molecule has 0 saturated carbocycles. The van der Waals surface area contributed by atoms with E-state index in [9.17, 15) is 5.11 Å². The van der Waals surface area contributed by atoms with Crippen molar-refractivity contribution in [3.05, 3.63) is 29.3 Å².